The number of aromatic nitrogens is 2. The molecule has 0 bridgehead atoms. The smallest absolute Gasteiger partial charge is 0.358 e. The Hall–Kier alpha value is -1.69. The Kier molecular flexibility index (Phi) is 6.07. The van der Waals surface area contributed by atoms with Crippen molar-refractivity contribution in [3.05, 3.63) is 17.8 Å². The van der Waals surface area contributed by atoms with E-state index in [0.717, 1.165) is 6.61 Å². The topological polar surface area (TPSA) is 73.3 Å². The number of esters is 1. The minimum atomic E-state index is -0.491. The summed E-state index contributed by atoms with van der Waals surface area (Å²) in [5.74, 6) is 0.647. The highest BCUT2D eigenvalue weighted by molar-refractivity contribution is 5.86. The lowest BCUT2D eigenvalue weighted by Gasteiger charge is -2.08. The van der Waals surface area contributed by atoms with E-state index in [4.69, 9.17) is 4.74 Å². The Morgan fingerprint density at radius 1 is 1.39 bits per heavy atom. The van der Waals surface area contributed by atoms with E-state index in [2.05, 4.69) is 34.1 Å². The van der Waals surface area contributed by atoms with E-state index >= 15 is 0 Å². The standard InChI is InChI=1S/C12H19N3O3/c1-9(2)8-18-7-6-13-11-5-4-10(14-15-11)12(16)17-3/h4-5,9H,6-8H2,1-3H3,(H,13,15). The van der Waals surface area contributed by atoms with Gasteiger partial charge in [-0.1, -0.05) is 13.8 Å². The molecule has 0 aliphatic rings. The second-order valence-corrected chi connectivity index (χ2v) is 4.19. The minimum absolute atomic E-state index is 0.194. The van der Waals surface area contributed by atoms with Gasteiger partial charge in [0, 0.05) is 13.2 Å². The molecule has 100 valence electrons. The van der Waals surface area contributed by atoms with E-state index in [1.807, 2.05) is 0 Å². The summed E-state index contributed by atoms with van der Waals surface area (Å²) < 4.78 is 9.94. The van der Waals surface area contributed by atoms with Crippen LogP contribution in [0.15, 0.2) is 12.1 Å². The van der Waals surface area contributed by atoms with Crippen molar-refractivity contribution in [1.29, 1.82) is 0 Å². The van der Waals surface area contributed by atoms with Crippen LogP contribution in [-0.4, -0.2) is 43.0 Å². The summed E-state index contributed by atoms with van der Waals surface area (Å²) in [6, 6.07) is 3.25. The lowest BCUT2D eigenvalue weighted by atomic mass is 10.2. The van der Waals surface area contributed by atoms with Crippen molar-refractivity contribution in [2.24, 2.45) is 5.92 Å². The summed E-state index contributed by atoms with van der Waals surface area (Å²) >= 11 is 0. The summed E-state index contributed by atoms with van der Waals surface area (Å²) in [5.41, 5.74) is 0.194. The molecule has 0 amide bonds. The monoisotopic (exact) mass is 253 g/mol. The Bertz CT molecular complexity index is 365. The first kappa shape index (κ1) is 14.4. The quantitative estimate of drug-likeness (QED) is 0.584. The van der Waals surface area contributed by atoms with E-state index in [1.54, 1.807) is 12.1 Å². The predicted molar refractivity (Wildman–Crippen MR) is 67.5 cm³/mol. The molecule has 18 heavy (non-hydrogen) atoms. The molecule has 0 aromatic carbocycles. The highest BCUT2D eigenvalue weighted by Gasteiger charge is 2.07. The van der Waals surface area contributed by atoms with E-state index in [0.29, 0.717) is 24.9 Å². The maximum absolute atomic E-state index is 11.1. The van der Waals surface area contributed by atoms with Crippen molar-refractivity contribution < 1.29 is 14.3 Å². The van der Waals surface area contributed by atoms with Gasteiger partial charge in [0.25, 0.3) is 0 Å². The highest BCUT2D eigenvalue weighted by atomic mass is 16.5. The first-order chi connectivity index (χ1) is 8.63. The Morgan fingerprint density at radius 3 is 2.72 bits per heavy atom. The van der Waals surface area contributed by atoms with Gasteiger partial charge in [-0.3, -0.25) is 0 Å². The lowest BCUT2D eigenvalue weighted by Crippen LogP contribution is -2.14. The maximum atomic E-state index is 11.1. The van der Waals surface area contributed by atoms with Gasteiger partial charge in [0.05, 0.1) is 13.7 Å². The molecule has 0 fully saturated rings. The van der Waals surface area contributed by atoms with Gasteiger partial charge in [-0.2, -0.15) is 0 Å². The zero-order valence-corrected chi connectivity index (χ0v) is 11.0. The third kappa shape index (κ3) is 5.09. The second-order valence-electron chi connectivity index (χ2n) is 4.19. The summed E-state index contributed by atoms with van der Waals surface area (Å²) in [6.07, 6.45) is 0. The predicted octanol–water partition coefficient (Wildman–Crippen LogP) is 1.35. The number of nitrogens with zero attached hydrogens (tertiary/aromatic N) is 2. The molecule has 0 aliphatic heterocycles. The molecule has 0 aliphatic carbocycles. The number of carbonyl (C=O) groups is 1. The maximum Gasteiger partial charge on any atom is 0.358 e. The molecule has 1 N–H and O–H groups in total. The molecule has 0 saturated carbocycles. The molecule has 0 radical (unpaired) electrons. The van der Waals surface area contributed by atoms with Crippen molar-refractivity contribution in [3.63, 3.8) is 0 Å². The van der Waals surface area contributed by atoms with Gasteiger partial charge in [0.15, 0.2) is 5.69 Å². The molecule has 6 heteroatoms. The van der Waals surface area contributed by atoms with Gasteiger partial charge in [-0.25, -0.2) is 4.79 Å². The lowest BCUT2D eigenvalue weighted by molar-refractivity contribution is 0.0592. The summed E-state index contributed by atoms with van der Waals surface area (Å²) in [4.78, 5) is 11.1. The number of rotatable bonds is 7. The fourth-order valence-corrected chi connectivity index (χ4v) is 1.21. The van der Waals surface area contributed by atoms with E-state index < -0.39 is 5.97 Å². The average molecular weight is 253 g/mol. The van der Waals surface area contributed by atoms with Crippen LogP contribution in [0, 0.1) is 5.92 Å². The van der Waals surface area contributed by atoms with Crippen LogP contribution in [0.1, 0.15) is 24.3 Å². The summed E-state index contributed by atoms with van der Waals surface area (Å²) in [7, 11) is 1.31. The van der Waals surface area contributed by atoms with Gasteiger partial charge in [0.2, 0.25) is 0 Å². The minimum Gasteiger partial charge on any atom is -0.464 e. The van der Waals surface area contributed by atoms with Gasteiger partial charge in [-0.15, -0.1) is 10.2 Å². The van der Waals surface area contributed by atoms with Crippen molar-refractivity contribution >= 4 is 11.8 Å². The van der Waals surface area contributed by atoms with Gasteiger partial charge < -0.3 is 14.8 Å². The molecule has 1 aromatic rings. The summed E-state index contributed by atoms with van der Waals surface area (Å²) in [6.45, 7) is 6.21. The van der Waals surface area contributed by atoms with Gasteiger partial charge in [0.1, 0.15) is 5.82 Å². The first-order valence-electron chi connectivity index (χ1n) is 5.87. The van der Waals surface area contributed by atoms with E-state index in [-0.39, 0.29) is 5.69 Å². The fraction of sp³-hybridized carbons (Fsp3) is 0.583. The average Bonchev–Trinajstić information content (AvgIpc) is 2.38. The van der Waals surface area contributed by atoms with Crippen LogP contribution in [0.25, 0.3) is 0 Å². The Morgan fingerprint density at radius 2 is 2.17 bits per heavy atom. The first-order valence-corrected chi connectivity index (χ1v) is 5.87. The molecule has 0 unspecified atom stereocenters. The van der Waals surface area contributed by atoms with Crippen LogP contribution in [0.5, 0.6) is 0 Å². The van der Waals surface area contributed by atoms with Crippen LogP contribution >= 0.6 is 0 Å². The number of anilines is 1. The number of carbonyl (C=O) groups excluding carboxylic acids is 1. The second kappa shape index (κ2) is 7.60. The van der Waals surface area contributed by atoms with Gasteiger partial charge in [-0.05, 0) is 18.1 Å². The molecule has 6 nitrogen and oxygen atoms in total. The van der Waals surface area contributed by atoms with Crippen LogP contribution in [0.4, 0.5) is 5.82 Å². The molecular formula is C12H19N3O3. The molecule has 0 spiro atoms. The largest absolute Gasteiger partial charge is 0.464 e. The SMILES string of the molecule is COC(=O)c1ccc(NCCOCC(C)C)nn1. The Labute approximate surface area is 107 Å². The summed E-state index contributed by atoms with van der Waals surface area (Å²) in [5, 5.41) is 10.7. The third-order valence-corrected chi connectivity index (χ3v) is 2.06. The zero-order valence-electron chi connectivity index (χ0n) is 11.0. The van der Waals surface area contributed by atoms with Crippen LogP contribution < -0.4 is 5.32 Å². The molecular weight excluding hydrogens is 234 g/mol. The zero-order chi connectivity index (χ0) is 13.4. The van der Waals surface area contributed by atoms with Crippen LogP contribution in [-0.2, 0) is 9.47 Å². The van der Waals surface area contributed by atoms with Crippen LogP contribution in [0.3, 0.4) is 0 Å². The van der Waals surface area contributed by atoms with Crippen molar-refractivity contribution in [2.45, 2.75) is 13.8 Å². The third-order valence-electron chi connectivity index (χ3n) is 2.06. The molecule has 1 heterocycles. The number of ether oxygens (including phenoxy) is 2. The Balaban J connectivity index is 2.29. The highest BCUT2D eigenvalue weighted by Crippen LogP contribution is 2.02. The van der Waals surface area contributed by atoms with Crippen molar-refractivity contribution in [3.8, 4) is 0 Å². The normalized spacial score (nSPS) is 10.4. The van der Waals surface area contributed by atoms with Gasteiger partial charge >= 0.3 is 5.97 Å². The van der Waals surface area contributed by atoms with E-state index in [9.17, 15) is 4.79 Å². The van der Waals surface area contributed by atoms with Crippen LogP contribution in [0.2, 0.25) is 0 Å². The van der Waals surface area contributed by atoms with Crippen molar-refractivity contribution in [2.75, 3.05) is 32.2 Å². The number of nitrogens with one attached hydrogen (secondary N) is 1. The van der Waals surface area contributed by atoms with Crippen molar-refractivity contribution in [1.82, 2.24) is 10.2 Å². The molecule has 0 saturated heterocycles. The van der Waals surface area contributed by atoms with E-state index in [1.165, 1.54) is 7.11 Å². The molecule has 0 atom stereocenters. The molecule has 1 rings (SSSR count). The number of hydrogen-bond donors (Lipinski definition) is 1. The fourth-order valence-electron chi connectivity index (χ4n) is 1.21. The number of hydrogen-bond acceptors (Lipinski definition) is 6. The number of methoxy groups -OCH3 is 1. The molecule has 1 aromatic heterocycles.